The molecule has 0 bridgehead atoms. The summed E-state index contributed by atoms with van der Waals surface area (Å²) < 4.78 is 0. The largest absolute Gasteiger partial charge is 0.342 e. The van der Waals surface area contributed by atoms with Gasteiger partial charge in [0.2, 0.25) is 5.91 Å². The van der Waals surface area contributed by atoms with Crippen LogP contribution in [0.15, 0.2) is 0 Å². The molecule has 2 unspecified atom stereocenters. The van der Waals surface area contributed by atoms with Gasteiger partial charge >= 0.3 is 0 Å². The van der Waals surface area contributed by atoms with Gasteiger partial charge in [0.15, 0.2) is 0 Å². The van der Waals surface area contributed by atoms with Crippen molar-refractivity contribution in [2.45, 2.75) is 38.1 Å². The van der Waals surface area contributed by atoms with Crippen LogP contribution in [-0.4, -0.2) is 40.7 Å². The van der Waals surface area contributed by atoms with Crippen molar-refractivity contribution in [3.63, 3.8) is 0 Å². The number of hydrogen-bond donors (Lipinski definition) is 0. The first-order valence-electron chi connectivity index (χ1n) is 5.31. The van der Waals surface area contributed by atoms with Gasteiger partial charge in [-0.15, -0.1) is 0 Å². The Morgan fingerprint density at radius 2 is 1.93 bits per heavy atom. The SMILES string of the molecule is CSCCC(C)N(C)C(=O)C(Br)C(C)C. The Balaban J connectivity index is 4.18. The number of halogens is 1. The summed E-state index contributed by atoms with van der Waals surface area (Å²) in [6.45, 7) is 6.21. The van der Waals surface area contributed by atoms with E-state index >= 15 is 0 Å². The highest BCUT2D eigenvalue weighted by Gasteiger charge is 2.24. The van der Waals surface area contributed by atoms with Gasteiger partial charge in [0.1, 0.15) is 0 Å². The van der Waals surface area contributed by atoms with E-state index in [2.05, 4.69) is 43.0 Å². The highest BCUT2D eigenvalue weighted by Crippen LogP contribution is 2.17. The summed E-state index contributed by atoms with van der Waals surface area (Å²) >= 11 is 5.27. The third kappa shape index (κ3) is 5.25. The third-order valence-electron chi connectivity index (χ3n) is 2.57. The first-order valence-corrected chi connectivity index (χ1v) is 7.62. The first kappa shape index (κ1) is 15.3. The van der Waals surface area contributed by atoms with Crippen molar-refractivity contribution in [2.75, 3.05) is 19.1 Å². The van der Waals surface area contributed by atoms with E-state index in [1.807, 2.05) is 23.7 Å². The van der Waals surface area contributed by atoms with Gasteiger partial charge < -0.3 is 4.90 Å². The van der Waals surface area contributed by atoms with Gasteiger partial charge in [0, 0.05) is 13.1 Å². The van der Waals surface area contributed by atoms with Crippen molar-refractivity contribution >= 4 is 33.6 Å². The van der Waals surface area contributed by atoms with Crippen LogP contribution in [0.4, 0.5) is 0 Å². The molecule has 0 heterocycles. The predicted molar refractivity (Wildman–Crippen MR) is 72.8 cm³/mol. The smallest absolute Gasteiger partial charge is 0.236 e. The number of carbonyl (C=O) groups is 1. The zero-order valence-electron chi connectivity index (χ0n) is 10.3. The van der Waals surface area contributed by atoms with E-state index in [-0.39, 0.29) is 10.7 Å². The molecule has 0 aromatic carbocycles. The summed E-state index contributed by atoms with van der Waals surface area (Å²) in [6.07, 6.45) is 3.15. The molecule has 4 heteroatoms. The summed E-state index contributed by atoms with van der Waals surface area (Å²) in [5, 5.41) is 0. The number of alkyl halides is 1. The second kappa shape index (κ2) is 7.55. The molecule has 1 amide bonds. The topological polar surface area (TPSA) is 20.3 Å². The average molecular weight is 296 g/mol. The number of nitrogens with zero attached hydrogens (tertiary/aromatic N) is 1. The van der Waals surface area contributed by atoms with Crippen molar-refractivity contribution < 1.29 is 4.79 Å². The zero-order chi connectivity index (χ0) is 12.0. The summed E-state index contributed by atoms with van der Waals surface area (Å²) in [5.41, 5.74) is 0. The van der Waals surface area contributed by atoms with Gasteiger partial charge in [-0.3, -0.25) is 4.79 Å². The molecule has 0 spiro atoms. The molecule has 0 rings (SSSR count). The van der Waals surface area contributed by atoms with E-state index < -0.39 is 0 Å². The molecule has 2 atom stereocenters. The lowest BCUT2D eigenvalue weighted by molar-refractivity contribution is -0.131. The highest BCUT2D eigenvalue weighted by atomic mass is 79.9. The summed E-state index contributed by atoms with van der Waals surface area (Å²) in [4.78, 5) is 13.8. The normalized spacial score (nSPS) is 15.1. The molecule has 0 aromatic heterocycles. The van der Waals surface area contributed by atoms with Crippen molar-refractivity contribution in [2.24, 2.45) is 5.92 Å². The third-order valence-corrected chi connectivity index (χ3v) is 4.66. The fourth-order valence-corrected chi connectivity index (χ4v) is 2.08. The summed E-state index contributed by atoms with van der Waals surface area (Å²) in [6, 6.07) is 0.323. The number of rotatable bonds is 6. The molecule has 0 radical (unpaired) electrons. The molecule has 0 saturated heterocycles. The van der Waals surface area contributed by atoms with Crippen LogP contribution in [0, 0.1) is 5.92 Å². The van der Waals surface area contributed by atoms with E-state index in [0.717, 1.165) is 12.2 Å². The molecule has 0 aliphatic carbocycles. The van der Waals surface area contributed by atoms with Crippen LogP contribution in [0.3, 0.4) is 0 Å². The first-order chi connectivity index (χ1) is 6.91. The van der Waals surface area contributed by atoms with E-state index in [4.69, 9.17) is 0 Å². The van der Waals surface area contributed by atoms with Crippen molar-refractivity contribution in [3.8, 4) is 0 Å². The van der Waals surface area contributed by atoms with Crippen LogP contribution < -0.4 is 0 Å². The molecule has 0 N–H and O–H groups in total. The van der Waals surface area contributed by atoms with Crippen molar-refractivity contribution in [3.05, 3.63) is 0 Å². The second-order valence-electron chi connectivity index (χ2n) is 4.23. The van der Waals surface area contributed by atoms with Crippen LogP contribution in [0.5, 0.6) is 0 Å². The highest BCUT2D eigenvalue weighted by molar-refractivity contribution is 9.10. The standard InChI is InChI=1S/C11H22BrNOS/c1-8(2)10(12)11(14)13(4)9(3)6-7-15-5/h8-10H,6-7H2,1-5H3. The molecular formula is C11H22BrNOS. The number of hydrogen-bond acceptors (Lipinski definition) is 2. The Morgan fingerprint density at radius 3 is 2.33 bits per heavy atom. The lowest BCUT2D eigenvalue weighted by Gasteiger charge is -2.28. The fourth-order valence-electron chi connectivity index (χ4n) is 1.18. The number of thioether (sulfide) groups is 1. The van der Waals surface area contributed by atoms with Crippen molar-refractivity contribution in [1.29, 1.82) is 0 Å². The Labute approximate surface area is 106 Å². The van der Waals surface area contributed by atoms with Gasteiger partial charge in [-0.2, -0.15) is 11.8 Å². The van der Waals surface area contributed by atoms with Gasteiger partial charge in [0.25, 0.3) is 0 Å². The van der Waals surface area contributed by atoms with Gasteiger partial charge in [-0.25, -0.2) is 0 Å². The van der Waals surface area contributed by atoms with E-state index in [1.54, 1.807) is 0 Å². The Morgan fingerprint density at radius 1 is 1.40 bits per heavy atom. The van der Waals surface area contributed by atoms with E-state index in [0.29, 0.717) is 12.0 Å². The number of carbonyl (C=O) groups excluding carboxylic acids is 1. The minimum atomic E-state index is -0.0563. The minimum Gasteiger partial charge on any atom is -0.342 e. The Bertz CT molecular complexity index is 199. The van der Waals surface area contributed by atoms with Crippen molar-refractivity contribution in [1.82, 2.24) is 4.90 Å². The predicted octanol–water partition coefficient (Wildman–Crippen LogP) is 3.01. The monoisotopic (exact) mass is 295 g/mol. The molecular weight excluding hydrogens is 274 g/mol. The van der Waals surface area contributed by atoms with Crippen LogP contribution in [0.25, 0.3) is 0 Å². The maximum absolute atomic E-state index is 12.0. The van der Waals surface area contributed by atoms with E-state index in [9.17, 15) is 4.79 Å². The van der Waals surface area contributed by atoms with Gasteiger partial charge in [-0.1, -0.05) is 29.8 Å². The molecule has 2 nitrogen and oxygen atoms in total. The lowest BCUT2D eigenvalue weighted by Crippen LogP contribution is -2.41. The van der Waals surface area contributed by atoms with Gasteiger partial charge in [0.05, 0.1) is 4.83 Å². The zero-order valence-corrected chi connectivity index (χ0v) is 12.7. The summed E-state index contributed by atoms with van der Waals surface area (Å²) in [7, 11) is 1.89. The molecule has 0 aliphatic heterocycles. The molecule has 0 aromatic rings. The molecule has 15 heavy (non-hydrogen) atoms. The van der Waals surface area contributed by atoms with Crippen LogP contribution >= 0.6 is 27.7 Å². The Hall–Kier alpha value is 0.300. The lowest BCUT2D eigenvalue weighted by atomic mass is 10.1. The molecule has 0 saturated carbocycles. The number of amides is 1. The second-order valence-corrected chi connectivity index (χ2v) is 6.20. The van der Waals surface area contributed by atoms with E-state index in [1.165, 1.54) is 0 Å². The van der Waals surface area contributed by atoms with Crippen LogP contribution in [0.2, 0.25) is 0 Å². The molecule has 90 valence electrons. The molecule has 0 fully saturated rings. The van der Waals surface area contributed by atoms with Gasteiger partial charge in [-0.05, 0) is 31.3 Å². The fraction of sp³-hybridized carbons (Fsp3) is 0.909. The minimum absolute atomic E-state index is 0.0563. The quantitative estimate of drug-likeness (QED) is 0.702. The van der Waals surface area contributed by atoms with Crippen LogP contribution in [-0.2, 0) is 4.79 Å². The van der Waals surface area contributed by atoms with Crippen LogP contribution in [0.1, 0.15) is 27.2 Å². The maximum Gasteiger partial charge on any atom is 0.236 e. The molecule has 0 aliphatic rings. The summed E-state index contributed by atoms with van der Waals surface area (Å²) in [5.74, 6) is 1.64. The average Bonchev–Trinajstić information content (AvgIpc) is 2.22. The Kier molecular flexibility index (Phi) is 7.70. The maximum atomic E-state index is 12.0.